The third kappa shape index (κ3) is 4.19. The van der Waals surface area contributed by atoms with Crippen LogP contribution >= 0.6 is 11.3 Å². The molecule has 1 aromatic carbocycles. The molecule has 1 fully saturated rings. The van der Waals surface area contributed by atoms with Crippen molar-refractivity contribution >= 4 is 22.4 Å². The number of hydrogen-bond acceptors (Lipinski definition) is 6. The first-order valence-electron chi connectivity index (χ1n) is 7.73. The van der Waals surface area contributed by atoms with Crippen molar-refractivity contribution in [3.05, 3.63) is 35.3 Å². The number of aryl methyl sites for hydroxylation is 1. The SMILES string of the molecule is Cc1nnc(N2CCN(C(=O)CCOc3ccccc3)CC2)s1. The molecule has 122 valence electrons. The molecule has 1 aliphatic heterocycles. The molecule has 3 rings (SSSR count). The van der Waals surface area contributed by atoms with Gasteiger partial charge in [-0.2, -0.15) is 0 Å². The molecule has 0 unspecified atom stereocenters. The zero-order valence-electron chi connectivity index (χ0n) is 13.1. The number of nitrogens with zero attached hydrogens (tertiary/aromatic N) is 4. The number of anilines is 1. The van der Waals surface area contributed by atoms with Gasteiger partial charge in [0.05, 0.1) is 13.0 Å². The van der Waals surface area contributed by atoms with E-state index in [1.807, 2.05) is 42.2 Å². The minimum Gasteiger partial charge on any atom is -0.493 e. The Bertz CT molecular complexity index is 639. The topological polar surface area (TPSA) is 58.6 Å². The molecular weight excluding hydrogens is 312 g/mol. The summed E-state index contributed by atoms with van der Waals surface area (Å²) in [4.78, 5) is 16.3. The summed E-state index contributed by atoms with van der Waals surface area (Å²) < 4.78 is 5.59. The summed E-state index contributed by atoms with van der Waals surface area (Å²) in [7, 11) is 0. The molecule has 0 N–H and O–H groups in total. The van der Waals surface area contributed by atoms with Crippen LogP contribution in [0, 0.1) is 6.92 Å². The van der Waals surface area contributed by atoms with Crippen LogP contribution in [0.5, 0.6) is 5.75 Å². The lowest BCUT2D eigenvalue weighted by atomic mass is 10.3. The molecular formula is C16H20N4O2S. The van der Waals surface area contributed by atoms with Crippen LogP contribution in [0.15, 0.2) is 30.3 Å². The van der Waals surface area contributed by atoms with Gasteiger partial charge in [-0.15, -0.1) is 10.2 Å². The van der Waals surface area contributed by atoms with E-state index in [-0.39, 0.29) is 5.91 Å². The summed E-state index contributed by atoms with van der Waals surface area (Å²) in [6.45, 7) is 5.43. The second kappa shape index (κ2) is 7.41. The first kappa shape index (κ1) is 15.7. The third-order valence-electron chi connectivity index (χ3n) is 3.75. The van der Waals surface area contributed by atoms with E-state index in [2.05, 4.69) is 15.1 Å². The van der Waals surface area contributed by atoms with Crippen LogP contribution in [0.25, 0.3) is 0 Å². The normalized spacial score (nSPS) is 14.8. The number of carbonyl (C=O) groups excluding carboxylic acids is 1. The van der Waals surface area contributed by atoms with E-state index in [0.29, 0.717) is 13.0 Å². The Morgan fingerprint density at radius 1 is 1.17 bits per heavy atom. The maximum absolute atomic E-state index is 12.2. The van der Waals surface area contributed by atoms with E-state index in [1.54, 1.807) is 11.3 Å². The molecule has 23 heavy (non-hydrogen) atoms. The van der Waals surface area contributed by atoms with Gasteiger partial charge in [0.25, 0.3) is 0 Å². The van der Waals surface area contributed by atoms with Crippen molar-refractivity contribution in [1.82, 2.24) is 15.1 Å². The molecule has 0 radical (unpaired) electrons. The highest BCUT2D eigenvalue weighted by Crippen LogP contribution is 2.21. The molecule has 0 atom stereocenters. The number of benzene rings is 1. The molecule has 1 aromatic heterocycles. The number of amides is 1. The Balaban J connectivity index is 1.41. The van der Waals surface area contributed by atoms with Crippen molar-refractivity contribution in [1.29, 1.82) is 0 Å². The van der Waals surface area contributed by atoms with Gasteiger partial charge < -0.3 is 14.5 Å². The van der Waals surface area contributed by atoms with Crippen LogP contribution in [0.3, 0.4) is 0 Å². The van der Waals surface area contributed by atoms with E-state index in [4.69, 9.17) is 4.74 Å². The van der Waals surface area contributed by atoms with Crippen LogP contribution in [-0.4, -0.2) is 53.8 Å². The minimum absolute atomic E-state index is 0.147. The predicted molar refractivity (Wildman–Crippen MR) is 90.0 cm³/mol. The summed E-state index contributed by atoms with van der Waals surface area (Å²) in [6, 6.07) is 9.58. The van der Waals surface area contributed by atoms with Crippen LogP contribution < -0.4 is 9.64 Å². The van der Waals surface area contributed by atoms with Crippen molar-refractivity contribution in [2.45, 2.75) is 13.3 Å². The minimum atomic E-state index is 0.147. The molecule has 7 heteroatoms. The van der Waals surface area contributed by atoms with Crippen LogP contribution in [0.4, 0.5) is 5.13 Å². The number of hydrogen-bond donors (Lipinski definition) is 0. The smallest absolute Gasteiger partial charge is 0.226 e. The van der Waals surface area contributed by atoms with Gasteiger partial charge in [-0.05, 0) is 19.1 Å². The van der Waals surface area contributed by atoms with E-state index in [9.17, 15) is 4.79 Å². The largest absolute Gasteiger partial charge is 0.493 e. The molecule has 0 spiro atoms. The second-order valence-corrected chi connectivity index (χ2v) is 6.54. The summed E-state index contributed by atoms with van der Waals surface area (Å²) in [5.74, 6) is 0.950. The Hall–Kier alpha value is -2.15. The number of piperazine rings is 1. The van der Waals surface area contributed by atoms with Gasteiger partial charge in [0.2, 0.25) is 11.0 Å². The van der Waals surface area contributed by atoms with Gasteiger partial charge in [-0.1, -0.05) is 29.5 Å². The van der Waals surface area contributed by atoms with Gasteiger partial charge in [-0.25, -0.2) is 0 Å². The molecule has 0 bridgehead atoms. The van der Waals surface area contributed by atoms with E-state index in [0.717, 1.165) is 42.1 Å². The molecule has 0 saturated carbocycles. The van der Waals surface area contributed by atoms with Gasteiger partial charge in [0.15, 0.2) is 0 Å². The number of ether oxygens (including phenoxy) is 1. The van der Waals surface area contributed by atoms with E-state index in [1.165, 1.54) is 0 Å². The van der Waals surface area contributed by atoms with Gasteiger partial charge in [0.1, 0.15) is 10.8 Å². The Labute approximate surface area is 139 Å². The fraction of sp³-hybridized carbons (Fsp3) is 0.438. The number of rotatable bonds is 5. The zero-order chi connectivity index (χ0) is 16.1. The first-order chi connectivity index (χ1) is 11.2. The van der Waals surface area contributed by atoms with Crippen molar-refractivity contribution in [2.75, 3.05) is 37.7 Å². The molecule has 2 heterocycles. The maximum atomic E-state index is 12.2. The molecule has 1 saturated heterocycles. The average molecular weight is 332 g/mol. The third-order valence-corrected chi connectivity index (χ3v) is 4.65. The second-order valence-electron chi connectivity index (χ2n) is 5.38. The number of aromatic nitrogens is 2. The highest BCUT2D eigenvalue weighted by atomic mass is 32.1. The monoisotopic (exact) mass is 332 g/mol. The van der Waals surface area contributed by atoms with Crippen molar-refractivity contribution < 1.29 is 9.53 Å². The highest BCUT2D eigenvalue weighted by Gasteiger charge is 2.22. The standard InChI is InChI=1S/C16H20N4O2S/c1-13-17-18-16(23-13)20-10-8-19(9-11-20)15(21)7-12-22-14-5-3-2-4-6-14/h2-6H,7-12H2,1H3. The number of para-hydroxylation sites is 1. The molecule has 1 aliphatic rings. The summed E-state index contributed by atoms with van der Waals surface area (Å²) in [5, 5.41) is 10.1. The lowest BCUT2D eigenvalue weighted by Crippen LogP contribution is -2.49. The van der Waals surface area contributed by atoms with Gasteiger partial charge >= 0.3 is 0 Å². The quantitative estimate of drug-likeness (QED) is 0.838. The van der Waals surface area contributed by atoms with E-state index < -0.39 is 0 Å². The summed E-state index contributed by atoms with van der Waals surface area (Å²) >= 11 is 1.60. The van der Waals surface area contributed by atoms with Crippen LogP contribution in [-0.2, 0) is 4.79 Å². The van der Waals surface area contributed by atoms with E-state index >= 15 is 0 Å². The van der Waals surface area contributed by atoms with Gasteiger partial charge in [0, 0.05) is 26.2 Å². The van der Waals surface area contributed by atoms with Crippen molar-refractivity contribution in [3.63, 3.8) is 0 Å². The Kier molecular flexibility index (Phi) is 5.07. The number of carbonyl (C=O) groups is 1. The summed E-state index contributed by atoms with van der Waals surface area (Å²) in [6.07, 6.45) is 0.410. The Morgan fingerprint density at radius 2 is 1.91 bits per heavy atom. The fourth-order valence-corrected chi connectivity index (χ4v) is 3.23. The zero-order valence-corrected chi connectivity index (χ0v) is 14.0. The maximum Gasteiger partial charge on any atom is 0.226 e. The van der Waals surface area contributed by atoms with Crippen LogP contribution in [0.1, 0.15) is 11.4 Å². The molecule has 2 aromatic rings. The lowest BCUT2D eigenvalue weighted by Gasteiger charge is -2.34. The van der Waals surface area contributed by atoms with Crippen molar-refractivity contribution in [2.24, 2.45) is 0 Å². The van der Waals surface area contributed by atoms with Gasteiger partial charge in [-0.3, -0.25) is 4.79 Å². The van der Waals surface area contributed by atoms with Crippen LogP contribution in [0.2, 0.25) is 0 Å². The molecule has 6 nitrogen and oxygen atoms in total. The predicted octanol–water partition coefficient (Wildman–Crippen LogP) is 1.96. The molecule has 0 aliphatic carbocycles. The fourth-order valence-electron chi connectivity index (χ4n) is 2.49. The molecule has 1 amide bonds. The van der Waals surface area contributed by atoms with Crippen molar-refractivity contribution in [3.8, 4) is 5.75 Å². The summed E-state index contributed by atoms with van der Waals surface area (Å²) in [5.41, 5.74) is 0. The first-order valence-corrected chi connectivity index (χ1v) is 8.55. The Morgan fingerprint density at radius 3 is 2.57 bits per heavy atom. The average Bonchev–Trinajstić information content (AvgIpc) is 3.02. The highest BCUT2D eigenvalue weighted by molar-refractivity contribution is 7.15. The lowest BCUT2D eigenvalue weighted by molar-refractivity contribution is -0.132.